The van der Waals surface area contributed by atoms with E-state index in [9.17, 15) is 12.8 Å². The number of nitrogens with zero attached hydrogens (tertiary/aromatic N) is 3. The monoisotopic (exact) mass is 321 g/mol. The molecule has 1 aromatic heterocycles. The second-order valence-corrected chi connectivity index (χ2v) is 6.44. The maximum atomic E-state index is 13.9. The third-order valence-corrected chi connectivity index (χ3v) is 4.68. The van der Waals surface area contributed by atoms with Crippen LogP contribution in [0.1, 0.15) is 16.8 Å². The zero-order valence-electron chi connectivity index (χ0n) is 11.9. The zero-order valence-corrected chi connectivity index (χ0v) is 12.7. The molecule has 0 spiro atoms. The molecule has 0 aliphatic carbocycles. The fraction of sp³-hybridized carbons (Fsp3) is 0.214. The quantitative estimate of drug-likeness (QED) is 0.852. The number of sulfone groups is 1. The summed E-state index contributed by atoms with van der Waals surface area (Å²) in [5.41, 5.74) is 0.842. The molecule has 0 N–H and O–H groups in total. The maximum absolute atomic E-state index is 13.9. The average molecular weight is 321 g/mol. The summed E-state index contributed by atoms with van der Waals surface area (Å²) in [6.45, 7) is 1.62. The van der Waals surface area contributed by atoms with Gasteiger partial charge in [-0.05, 0) is 25.1 Å². The average Bonchev–Trinajstić information content (AvgIpc) is 2.48. The number of aromatic nitrogens is 2. The summed E-state index contributed by atoms with van der Waals surface area (Å²) >= 11 is 0. The van der Waals surface area contributed by atoms with Gasteiger partial charge >= 0.3 is 6.01 Å². The third kappa shape index (κ3) is 3.20. The first-order valence-corrected chi connectivity index (χ1v) is 7.81. The minimum Gasteiger partial charge on any atom is -0.467 e. The Hall–Kier alpha value is -2.53. The van der Waals surface area contributed by atoms with Crippen LogP contribution in [0.5, 0.6) is 6.01 Å². The molecule has 0 radical (unpaired) electrons. The van der Waals surface area contributed by atoms with Crippen molar-refractivity contribution in [3.8, 4) is 12.1 Å². The van der Waals surface area contributed by atoms with Crippen molar-refractivity contribution in [2.24, 2.45) is 0 Å². The highest BCUT2D eigenvalue weighted by molar-refractivity contribution is 7.90. The van der Waals surface area contributed by atoms with Gasteiger partial charge in [-0.1, -0.05) is 0 Å². The van der Waals surface area contributed by atoms with Gasteiger partial charge in [0.1, 0.15) is 10.7 Å². The molecule has 114 valence electrons. The van der Waals surface area contributed by atoms with Crippen molar-refractivity contribution in [3.63, 3.8) is 0 Å². The van der Waals surface area contributed by atoms with E-state index >= 15 is 0 Å². The summed E-state index contributed by atoms with van der Waals surface area (Å²) in [7, 11) is -2.52. The van der Waals surface area contributed by atoms with Gasteiger partial charge in [0.05, 0.1) is 24.5 Å². The summed E-state index contributed by atoms with van der Waals surface area (Å²) in [6, 6.07) is 5.11. The Morgan fingerprint density at radius 2 is 2.14 bits per heavy atom. The minimum absolute atomic E-state index is 0.0559. The molecular weight excluding hydrogens is 309 g/mol. The fourth-order valence-electron chi connectivity index (χ4n) is 1.82. The van der Waals surface area contributed by atoms with E-state index < -0.39 is 26.3 Å². The van der Waals surface area contributed by atoms with E-state index in [1.54, 1.807) is 13.0 Å². The lowest BCUT2D eigenvalue weighted by Gasteiger charge is -2.08. The van der Waals surface area contributed by atoms with Crippen LogP contribution in [0.4, 0.5) is 4.39 Å². The van der Waals surface area contributed by atoms with Crippen molar-refractivity contribution in [1.82, 2.24) is 9.97 Å². The molecule has 0 bridgehead atoms. The lowest BCUT2D eigenvalue weighted by Crippen LogP contribution is -2.10. The van der Waals surface area contributed by atoms with E-state index in [0.29, 0.717) is 11.3 Å². The van der Waals surface area contributed by atoms with E-state index in [-0.39, 0.29) is 11.6 Å². The molecule has 6 nitrogen and oxygen atoms in total. The molecule has 0 saturated heterocycles. The molecule has 0 aliphatic rings. The summed E-state index contributed by atoms with van der Waals surface area (Å²) in [6.07, 6.45) is 1.33. The fourth-order valence-corrected chi connectivity index (χ4v) is 3.30. The van der Waals surface area contributed by atoms with Gasteiger partial charge in [0.25, 0.3) is 0 Å². The predicted molar refractivity (Wildman–Crippen MR) is 75.3 cm³/mol. The van der Waals surface area contributed by atoms with Crippen LogP contribution in [0.3, 0.4) is 0 Å². The van der Waals surface area contributed by atoms with Crippen LogP contribution in [0.15, 0.2) is 29.3 Å². The summed E-state index contributed by atoms with van der Waals surface area (Å²) in [5.74, 6) is -1.39. The number of halogens is 1. The molecule has 0 unspecified atom stereocenters. The molecular formula is C14H12FN3O3S. The van der Waals surface area contributed by atoms with Crippen molar-refractivity contribution < 1.29 is 17.5 Å². The molecule has 2 aromatic rings. The van der Waals surface area contributed by atoms with Crippen molar-refractivity contribution in [2.75, 3.05) is 7.11 Å². The number of aryl methyl sites for hydroxylation is 1. The van der Waals surface area contributed by atoms with Crippen LogP contribution >= 0.6 is 0 Å². The Labute approximate surface area is 127 Å². The van der Waals surface area contributed by atoms with Gasteiger partial charge in [0.15, 0.2) is 9.84 Å². The molecule has 1 heterocycles. The molecule has 8 heteroatoms. The van der Waals surface area contributed by atoms with Gasteiger partial charge in [0, 0.05) is 17.5 Å². The first-order chi connectivity index (χ1) is 10.4. The van der Waals surface area contributed by atoms with Crippen molar-refractivity contribution in [2.45, 2.75) is 17.6 Å². The topological polar surface area (TPSA) is 92.9 Å². The van der Waals surface area contributed by atoms with Gasteiger partial charge in [-0.15, -0.1) is 0 Å². The standard InChI is InChI=1S/C14H12FN3O3S/c1-9-11(7-17-14(18-9)21-2)8-22(19,20)13-4-3-10(6-16)5-12(13)15/h3-5,7H,8H2,1-2H3. The zero-order chi connectivity index (χ0) is 16.3. The Morgan fingerprint density at radius 3 is 2.68 bits per heavy atom. The van der Waals surface area contributed by atoms with Crippen LogP contribution in [0, 0.1) is 24.1 Å². The SMILES string of the molecule is COc1ncc(CS(=O)(=O)c2ccc(C#N)cc2F)c(C)n1. The van der Waals surface area contributed by atoms with E-state index in [0.717, 1.165) is 12.1 Å². The number of ether oxygens (including phenoxy) is 1. The van der Waals surface area contributed by atoms with Gasteiger partial charge < -0.3 is 4.74 Å². The van der Waals surface area contributed by atoms with Crippen molar-refractivity contribution in [1.29, 1.82) is 5.26 Å². The van der Waals surface area contributed by atoms with Gasteiger partial charge in [-0.3, -0.25) is 0 Å². The Bertz CT molecular complexity index is 860. The van der Waals surface area contributed by atoms with Gasteiger partial charge in [-0.2, -0.15) is 5.26 Å². The van der Waals surface area contributed by atoms with E-state index in [4.69, 9.17) is 10.00 Å². The van der Waals surface area contributed by atoms with Crippen LogP contribution in [-0.2, 0) is 15.6 Å². The molecule has 1 aromatic carbocycles. The smallest absolute Gasteiger partial charge is 0.316 e. The highest BCUT2D eigenvalue weighted by Gasteiger charge is 2.22. The van der Waals surface area contributed by atoms with Crippen LogP contribution in [-0.4, -0.2) is 25.5 Å². The molecule has 0 amide bonds. The number of methoxy groups -OCH3 is 1. The first kappa shape index (κ1) is 15.9. The molecule has 0 fully saturated rings. The second-order valence-electron chi connectivity index (χ2n) is 4.48. The summed E-state index contributed by atoms with van der Waals surface area (Å²) < 4.78 is 43.4. The molecule has 0 aliphatic heterocycles. The minimum atomic E-state index is -3.92. The first-order valence-electron chi connectivity index (χ1n) is 6.16. The van der Waals surface area contributed by atoms with E-state index in [1.165, 1.54) is 19.4 Å². The van der Waals surface area contributed by atoms with Crippen molar-refractivity contribution in [3.05, 3.63) is 47.0 Å². The van der Waals surface area contributed by atoms with Crippen LogP contribution in [0.25, 0.3) is 0 Å². The lowest BCUT2D eigenvalue weighted by molar-refractivity contribution is 0.378. The number of rotatable bonds is 4. The number of nitriles is 1. The Balaban J connectivity index is 2.38. The predicted octanol–water partition coefficient (Wildman–Crippen LogP) is 1.78. The summed E-state index contributed by atoms with van der Waals surface area (Å²) in [4.78, 5) is 7.38. The largest absolute Gasteiger partial charge is 0.467 e. The number of hydrogen-bond acceptors (Lipinski definition) is 6. The third-order valence-electron chi connectivity index (χ3n) is 2.98. The highest BCUT2D eigenvalue weighted by atomic mass is 32.2. The number of hydrogen-bond donors (Lipinski definition) is 0. The highest BCUT2D eigenvalue weighted by Crippen LogP contribution is 2.22. The molecule has 0 atom stereocenters. The number of benzene rings is 1. The van der Waals surface area contributed by atoms with E-state index in [1.807, 2.05) is 0 Å². The van der Waals surface area contributed by atoms with Crippen LogP contribution in [0.2, 0.25) is 0 Å². The lowest BCUT2D eigenvalue weighted by atomic mass is 10.2. The molecule has 0 saturated carbocycles. The second kappa shape index (κ2) is 6.07. The van der Waals surface area contributed by atoms with Crippen LogP contribution < -0.4 is 4.74 Å². The van der Waals surface area contributed by atoms with E-state index in [2.05, 4.69) is 9.97 Å². The molecule has 22 heavy (non-hydrogen) atoms. The maximum Gasteiger partial charge on any atom is 0.316 e. The Kier molecular flexibility index (Phi) is 4.37. The normalized spacial score (nSPS) is 11.0. The van der Waals surface area contributed by atoms with Crippen molar-refractivity contribution >= 4 is 9.84 Å². The molecule has 2 rings (SSSR count). The van der Waals surface area contributed by atoms with Gasteiger partial charge in [-0.25, -0.2) is 22.8 Å². The van der Waals surface area contributed by atoms with Gasteiger partial charge in [0.2, 0.25) is 0 Å². The summed E-state index contributed by atoms with van der Waals surface area (Å²) in [5, 5.41) is 8.68. The Morgan fingerprint density at radius 1 is 1.41 bits per heavy atom.